The second-order valence-electron chi connectivity index (χ2n) is 15.1. The number of amides is 5. The largest absolute Gasteiger partial charge is 0.444 e. The number of rotatable bonds is 5. The highest BCUT2D eigenvalue weighted by Gasteiger charge is 2.62. The first-order valence-electron chi connectivity index (χ1n) is 17.8. The summed E-state index contributed by atoms with van der Waals surface area (Å²) in [6.45, 7) is 6.34. The van der Waals surface area contributed by atoms with E-state index in [2.05, 4.69) is 15.4 Å². The van der Waals surface area contributed by atoms with Gasteiger partial charge in [0.05, 0.1) is 6.54 Å². The van der Waals surface area contributed by atoms with Crippen molar-refractivity contribution in [1.29, 1.82) is 0 Å². The average molecular weight is 729 g/mol. The monoisotopic (exact) mass is 728 g/mol. The summed E-state index contributed by atoms with van der Waals surface area (Å²) in [7, 11) is -4.10. The van der Waals surface area contributed by atoms with E-state index in [4.69, 9.17) is 9.47 Å². The van der Waals surface area contributed by atoms with Crippen molar-refractivity contribution in [3.63, 3.8) is 0 Å². The highest BCUT2D eigenvalue weighted by atomic mass is 32.2. The Kier molecular flexibility index (Phi) is 10.4. The zero-order valence-corrected chi connectivity index (χ0v) is 30.2. The SMILES string of the molecule is CC(C)(C)OC(=O)N[C@@H]1CCCCCC=C[C@@H]2C[C@@]2(C(=O)NS(=O)(=O)N2CCC2)NC(=O)[C@@H]2C[C@@H](OC(=O)N3Cc4ccccc4C3)CN2C1=O. The Morgan fingerprint density at radius 3 is 2.35 bits per heavy atom. The number of fused-ring (bicyclic) bond motifs is 3. The van der Waals surface area contributed by atoms with Crippen molar-refractivity contribution in [3.8, 4) is 0 Å². The minimum absolute atomic E-state index is 0.0620. The smallest absolute Gasteiger partial charge is 0.410 e. The van der Waals surface area contributed by atoms with Crippen molar-refractivity contribution in [1.82, 2.24) is 29.5 Å². The highest BCUT2D eigenvalue weighted by Crippen LogP contribution is 2.46. The first-order chi connectivity index (χ1) is 24.1. The molecule has 15 nitrogen and oxygen atoms in total. The molecule has 4 heterocycles. The van der Waals surface area contributed by atoms with Crippen LogP contribution in [0.2, 0.25) is 0 Å². The van der Waals surface area contributed by atoms with Gasteiger partial charge in [0.25, 0.3) is 5.91 Å². The van der Waals surface area contributed by atoms with Crippen molar-refractivity contribution < 1.29 is 41.9 Å². The van der Waals surface area contributed by atoms with E-state index >= 15 is 0 Å². The van der Waals surface area contributed by atoms with Gasteiger partial charge in [-0.2, -0.15) is 12.7 Å². The van der Waals surface area contributed by atoms with Gasteiger partial charge < -0.3 is 25.0 Å². The molecule has 1 aromatic rings. The van der Waals surface area contributed by atoms with Gasteiger partial charge in [-0.1, -0.05) is 49.3 Å². The lowest BCUT2D eigenvalue weighted by atomic mass is 10.0. The molecule has 1 aliphatic carbocycles. The van der Waals surface area contributed by atoms with Crippen molar-refractivity contribution >= 4 is 40.1 Å². The zero-order chi connectivity index (χ0) is 36.6. The van der Waals surface area contributed by atoms with E-state index in [0.29, 0.717) is 45.4 Å². The van der Waals surface area contributed by atoms with Crippen LogP contribution in [0.5, 0.6) is 0 Å². The third-order valence-electron chi connectivity index (χ3n) is 10.1. The van der Waals surface area contributed by atoms with Crippen LogP contribution >= 0.6 is 0 Å². The minimum Gasteiger partial charge on any atom is -0.444 e. The Morgan fingerprint density at radius 1 is 1.00 bits per heavy atom. The van der Waals surface area contributed by atoms with E-state index in [1.54, 1.807) is 25.7 Å². The molecule has 16 heteroatoms. The molecular formula is C35H48N6O9S. The zero-order valence-electron chi connectivity index (χ0n) is 29.4. The molecule has 0 unspecified atom stereocenters. The molecule has 5 amide bonds. The molecule has 4 aliphatic heterocycles. The molecule has 5 aliphatic rings. The molecule has 5 atom stereocenters. The summed E-state index contributed by atoms with van der Waals surface area (Å²) < 4.78 is 40.4. The van der Waals surface area contributed by atoms with E-state index in [9.17, 15) is 32.4 Å². The van der Waals surface area contributed by atoms with E-state index in [1.807, 2.05) is 36.4 Å². The van der Waals surface area contributed by atoms with Crippen LogP contribution in [-0.4, -0.2) is 101 Å². The number of carbonyl (C=O) groups is 5. The van der Waals surface area contributed by atoms with E-state index in [1.165, 1.54) is 4.90 Å². The van der Waals surface area contributed by atoms with Crippen molar-refractivity contribution in [3.05, 3.63) is 47.5 Å². The Labute approximate surface area is 298 Å². The second kappa shape index (κ2) is 14.4. The summed E-state index contributed by atoms with van der Waals surface area (Å²) in [5.74, 6) is -2.55. The molecule has 3 fully saturated rings. The number of ether oxygens (including phenoxy) is 2. The van der Waals surface area contributed by atoms with Crippen LogP contribution in [-0.2, 0) is 47.2 Å². The average Bonchev–Trinajstić information content (AvgIpc) is 3.33. The fraction of sp³-hybridized carbons (Fsp3) is 0.629. The van der Waals surface area contributed by atoms with Crippen LogP contribution < -0.4 is 15.4 Å². The number of hydrogen-bond donors (Lipinski definition) is 3. The summed E-state index contributed by atoms with van der Waals surface area (Å²) >= 11 is 0. The maximum Gasteiger partial charge on any atom is 0.410 e. The number of nitrogens with zero attached hydrogens (tertiary/aromatic N) is 3. The fourth-order valence-corrected chi connectivity index (χ4v) is 8.38. The lowest BCUT2D eigenvalue weighted by Crippen LogP contribution is -2.59. The Balaban J connectivity index is 1.25. The van der Waals surface area contributed by atoms with E-state index in [-0.39, 0.29) is 25.8 Å². The van der Waals surface area contributed by atoms with Gasteiger partial charge in [0.1, 0.15) is 29.3 Å². The Bertz CT molecular complexity index is 1660. The molecule has 0 radical (unpaired) electrons. The normalized spacial score (nSPS) is 28.5. The summed E-state index contributed by atoms with van der Waals surface area (Å²) in [6, 6.07) is 5.46. The summed E-state index contributed by atoms with van der Waals surface area (Å²) in [4.78, 5) is 71.3. The van der Waals surface area contributed by atoms with Crippen molar-refractivity contribution in [2.75, 3.05) is 19.6 Å². The van der Waals surface area contributed by atoms with E-state index < -0.39 is 75.4 Å². The molecule has 0 spiro atoms. The molecule has 1 aromatic carbocycles. The fourth-order valence-electron chi connectivity index (χ4n) is 7.09. The summed E-state index contributed by atoms with van der Waals surface area (Å²) in [5, 5.41) is 5.51. The van der Waals surface area contributed by atoms with Gasteiger partial charge in [-0.25, -0.2) is 14.3 Å². The molecular weight excluding hydrogens is 680 g/mol. The van der Waals surface area contributed by atoms with Gasteiger partial charge in [-0.3, -0.25) is 19.3 Å². The molecule has 0 aromatic heterocycles. The first kappa shape index (κ1) is 36.6. The molecule has 278 valence electrons. The highest BCUT2D eigenvalue weighted by molar-refractivity contribution is 7.87. The van der Waals surface area contributed by atoms with E-state index in [0.717, 1.165) is 28.3 Å². The number of allylic oxidation sites excluding steroid dienone is 1. The van der Waals surface area contributed by atoms with Gasteiger partial charge in [0.2, 0.25) is 11.8 Å². The molecule has 51 heavy (non-hydrogen) atoms. The Hall–Kier alpha value is -4.18. The van der Waals surface area contributed by atoms with Crippen molar-refractivity contribution in [2.24, 2.45) is 5.92 Å². The lowest BCUT2D eigenvalue weighted by molar-refractivity contribution is -0.141. The maximum atomic E-state index is 14.3. The molecule has 3 N–H and O–H groups in total. The van der Waals surface area contributed by atoms with Crippen LogP contribution in [0.25, 0.3) is 0 Å². The van der Waals surface area contributed by atoms with Crippen molar-refractivity contribution in [2.45, 2.75) is 115 Å². The lowest BCUT2D eigenvalue weighted by Gasteiger charge is -2.31. The molecule has 1 saturated carbocycles. The topological polar surface area (TPSA) is 184 Å². The number of alkyl carbamates (subject to hydrolysis) is 1. The van der Waals surface area contributed by atoms with Gasteiger partial charge in [0.15, 0.2) is 0 Å². The van der Waals surface area contributed by atoms with Crippen LogP contribution in [0, 0.1) is 5.92 Å². The van der Waals surface area contributed by atoms with Crippen LogP contribution in [0.1, 0.15) is 83.3 Å². The van der Waals surface area contributed by atoms with Crippen LogP contribution in [0.15, 0.2) is 36.4 Å². The first-order valence-corrected chi connectivity index (χ1v) is 19.2. The second-order valence-corrected chi connectivity index (χ2v) is 16.8. The van der Waals surface area contributed by atoms with Gasteiger partial charge in [-0.15, -0.1) is 0 Å². The Morgan fingerprint density at radius 2 is 1.71 bits per heavy atom. The standard InChI is InChI=1S/C35H48N6O9S/c1-34(2,3)50-32(45)36-27-15-8-6-4-5-7-14-25-19-35(25,31(44)38-51(47,48)40-16-11-17-40)37-29(42)28-18-26(22-41(28)30(27)43)49-33(46)39-20-23-12-9-10-13-24(23)21-39/h7,9-10,12-14,25-28H,4-6,8,11,15-22H2,1-3H3,(H,36,45)(H,37,42)(H,38,44)/t25-,26-,27-,28+,35-/m1/s1. The predicted molar refractivity (Wildman–Crippen MR) is 184 cm³/mol. The maximum absolute atomic E-state index is 14.3. The van der Waals surface area contributed by atoms with Crippen LogP contribution in [0.4, 0.5) is 9.59 Å². The summed E-state index contributed by atoms with van der Waals surface area (Å²) in [5.41, 5.74) is -0.355. The summed E-state index contributed by atoms with van der Waals surface area (Å²) in [6.07, 6.45) is 5.40. The molecule has 2 saturated heterocycles. The number of nitrogens with one attached hydrogen (secondary N) is 3. The molecule has 6 rings (SSSR count). The minimum atomic E-state index is -4.10. The van der Waals surface area contributed by atoms with Gasteiger partial charge in [0, 0.05) is 38.5 Å². The van der Waals surface area contributed by atoms with Crippen LogP contribution in [0.3, 0.4) is 0 Å². The third kappa shape index (κ3) is 8.32. The predicted octanol–water partition coefficient (Wildman–Crippen LogP) is 2.46. The molecule has 0 bridgehead atoms. The van der Waals surface area contributed by atoms with Gasteiger partial charge in [-0.05, 0) is 64.0 Å². The number of benzene rings is 1. The number of carbonyl (C=O) groups excluding carboxylic acids is 5. The number of hydrogen-bond acceptors (Lipinski definition) is 9. The quantitative estimate of drug-likeness (QED) is 0.384. The third-order valence-corrected chi connectivity index (χ3v) is 11.6. The van der Waals surface area contributed by atoms with Gasteiger partial charge >= 0.3 is 22.4 Å².